The van der Waals surface area contributed by atoms with Crippen molar-refractivity contribution in [1.82, 2.24) is 4.57 Å². The second-order valence-corrected chi connectivity index (χ2v) is 4.04. The minimum absolute atomic E-state index is 0.177. The molecule has 1 fully saturated rings. The molecule has 0 spiro atoms. The van der Waals surface area contributed by atoms with Gasteiger partial charge in [0.1, 0.15) is 6.07 Å². The first kappa shape index (κ1) is 10.9. The van der Waals surface area contributed by atoms with Crippen LogP contribution in [0.5, 0.6) is 0 Å². The van der Waals surface area contributed by atoms with Crippen LogP contribution in [0, 0.1) is 18.3 Å². The first-order chi connectivity index (χ1) is 7.76. The summed E-state index contributed by atoms with van der Waals surface area (Å²) in [6.45, 7) is 3.33. The van der Waals surface area contributed by atoms with Crippen molar-refractivity contribution in [3.63, 3.8) is 0 Å². The lowest BCUT2D eigenvalue weighted by atomic mass is 10.2. The lowest BCUT2D eigenvalue weighted by molar-refractivity contribution is 0.0948. The van der Waals surface area contributed by atoms with Crippen LogP contribution in [0.2, 0.25) is 0 Å². The van der Waals surface area contributed by atoms with Gasteiger partial charge < -0.3 is 9.30 Å². The van der Waals surface area contributed by atoms with E-state index in [1.165, 1.54) is 0 Å². The Morgan fingerprint density at radius 3 is 3.12 bits per heavy atom. The Hall–Kier alpha value is -1.60. The van der Waals surface area contributed by atoms with Crippen molar-refractivity contribution in [2.75, 3.05) is 6.61 Å². The summed E-state index contributed by atoms with van der Waals surface area (Å²) >= 11 is 0. The Bertz CT molecular complexity index is 437. The van der Waals surface area contributed by atoms with E-state index in [-0.39, 0.29) is 6.10 Å². The van der Waals surface area contributed by atoms with Crippen molar-refractivity contribution >= 4 is 6.29 Å². The van der Waals surface area contributed by atoms with Crippen LogP contribution in [0.15, 0.2) is 6.07 Å². The van der Waals surface area contributed by atoms with Crippen molar-refractivity contribution in [2.24, 2.45) is 0 Å². The van der Waals surface area contributed by atoms with Crippen molar-refractivity contribution in [1.29, 1.82) is 5.26 Å². The van der Waals surface area contributed by atoms with Crippen molar-refractivity contribution in [2.45, 2.75) is 32.4 Å². The van der Waals surface area contributed by atoms with Gasteiger partial charge in [0, 0.05) is 18.8 Å². The third-order valence-electron chi connectivity index (χ3n) is 3.05. The van der Waals surface area contributed by atoms with E-state index in [0.29, 0.717) is 17.8 Å². The smallest absolute Gasteiger partial charge is 0.166 e. The van der Waals surface area contributed by atoms with Gasteiger partial charge >= 0.3 is 0 Å². The Labute approximate surface area is 94.4 Å². The van der Waals surface area contributed by atoms with E-state index < -0.39 is 0 Å². The molecule has 1 unspecified atom stereocenters. The monoisotopic (exact) mass is 218 g/mol. The number of carbonyl (C=O) groups is 1. The molecule has 4 heteroatoms. The van der Waals surface area contributed by atoms with E-state index in [0.717, 1.165) is 31.4 Å². The second-order valence-electron chi connectivity index (χ2n) is 4.04. The lowest BCUT2D eigenvalue weighted by Crippen LogP contribution is -2.17. The van der Waals surface area contributed by atoms with Gasteiger partial charge in [-0.05, 0) is 25.8 Å². The molecule has 1 aromatic rings. The van der Waals surface area contributed by atoms with E-state index in [2.05, 4.69) is 6.07 Å². The highest BCUT2D eigenvalue weighted by Crippen LogP contribution is 2.19. The van der Waals surface area contributed by atoms with Crippen LogP contribution in [0.3, 0.4) is 0 Å². The summed E-state index contributed by atoms with van der Waals surface area (Å²) in [7, 11) is 0. The summed E-state index contributed by atoms with van der Waals surface area (Å²) in [5, 5.41) is 8.90. The quantitative estimate of drug-likeness (QED) is 0.725. The number of nitriles is 1. The molecule has 1 atom stereocenters. The van der Waals surface area contributed by atoms with Crippen LogP contribution in [-0.4, -0.2) is 23.6 Å². The Kier molecular flexibility index (Phi) is 3.07. The van der Waals surface area contributed by atoms with E-state index in [1.54, 1.807) is 6.07 Å². The molecule has 4 nitrogen and oxygen atoms in total. The molecule has 16 heavy (non-hydrogen) atoms. The van der Waals surface area contributed by atoms with Gasteiger partial charge in [0.15, 0.2) is 6.29 Å². The Balaban J connectivity index is 2.27. The summed E-state index contributed by atoms with van der Waals surface area (Å²) in [6, 6.07) is 3.73. The van der Waals surface area contributed by atoms with Crippen LogP contribution >= 0.6 is 0 Å². The topological polar surface area (TPSA) is 55.0 Å². The van der Waals surface area contributed by atoms with Crippen molar-refractivity contribution in [3.8, 4) is 6.07 Å². The molecule has 0 amide bonds. The number of carbonyl (C=O) groups excluding carboxylic acids is 1. The average Bonchev–Trinajstić information content (AvgIpc) is 2.89. The average molecular weight is 218 g/mol. The predicted molar refractivity (Wildman–Crippen MR) is 58.2 cm³/mol. The molecule has 0 bridgehead atoms. The molecule has 2 rings (SSSR count). The van der Waals surface area contributed by atoms with Gasteiger partial charge in [-0.3, -0.25) is 4.79 Å². The summed E-state index contributed by atoms with van der Waals surface area (Å²) < 4.78 is 7.41. The molecule has 1 aliphatic heterocycles. The molecular formula is C12H14N2O2. The number of aldehydes is 1. The molecule has 1 saturated heterocycles. The zero-order valence-electron chi connectivity index (χ0n) is 9.27. The minimum atomic E-state index is 0.177. The predicted octanol–water partition coefficient (Wildman–Crippen LogP) is 1.66. The molecule has 0 aliphatic carbocycles. The molecular weight excluding hydrogens is 204 g/mol. The van der Waals surface area contributed by atoms with Crippen LogP contribution < -0.4 is 0 Å². The first-order valence-electron chi connectivity index (χ1n) is 5.43. The van der Waals surface area contributed by atoms with E-state index >= 15 is 0 Å². The van der Waals surface area contributed by atoms with E-state index in [1.807, 2.05) is 11.5 Å². The number of rotatable bonds is 3. The summed E-state index contributed by atoms with van der Waals surface area (Å²) in [4.78, 5) is 10.9. The molecule has 0 saturated carbocycles. The lowest BCUT2D eigenvalue weighted by Gasteiger charge is -2.13. The fourth-order valence-corrected chi connectivity index (χ4v) is 2.11. The van der Waals surface area contributed by atoms with Crippen molar-refractivity contribution in [3.05, 3.63) is 23.0 Å². The van der Waals surface area contributed by atoms with E-state index in [9.17, 15) is 4.79 Å². The highest BCUT2D eigenvalue weighted by atomic mass is 16.5. The third kappa shape index (κ3) is 1.86. The number of nitrogens with zero attached hydrogens (tertiary/aromatic N) is 2. The van der Waals surface area contributed by atoms with Gasteiger partial charge in [0.05, 0.1) is 17.4 Å². The maximum absolute atomic E-state index is 10.9. The van der Waals surface area contributed by atoms with Gasteiger partial charge in [0.2, 0.25) is 0 Å². The first-order valence-corrected chi connectivity index (χ1v) is 5.43. The Morgan fingerprint density at radius 2 is 2.56 bits per heavy atom. The van der Waals surface area contributed by atoms with Crippen LogP contribution in [0.1, 0.15) is 34.6 Å². The number of hydrogen-bond acceptors (Lipinski definition) is 3. The normalized spacial score (nSPS) is 19.6. The zero-order chi connectivity index (χ0) is 11.5. The van der Waals surface area contributed by atoms with Gasteiger partial charge in [0.25, 0.3) is 0 Å². The van der Waals surface area contributed by atoms with Gasteiger partial charge in [-0.15, -0.1) is 0 Å². The summed E-state index contributed by atoms with van der Waals surface area (Å²) in [5.41, 5.74) is 1.98. The maximum Gasteiger partial charge on any atom is 0.166 e. The maximum atomic E-state index is 10.9. The third-order valence-corrected chi connectivity index (χ3v) is 3.05. The van der Waals surface area contributed by atoms with Gasteiger partial charge in [-0.2, -0.15) is 5.26 Å². The summed E-state index contributed by atoms with van der Waals surface area (Å²) in [5.74, 6) is 0. The molecule has 1 aromatic heterocycles. The fraction of sp³-hybridized carbons (Fsp3) is 0.500. The molecule has 0 radical (unpaired) electrons. The van der Waals surface area contributed by atoms with Crippen molar-refractivity contribution < 1.29 is 9.53 Å². The molecule has 0 N–H and O–H groups in total. The largest absolute Gasteiger partial charge is 0.376 e. The van der Waals surface area contributed by atoms with Crippen LogP contribution in [0.4, 0.5) is 0 Å². The van der Waals surface area contributed by atoms with Gasteiger partial charge in [-0.1, -0.05) is 0 Å². The van der Waals surface area contributed by atoms with E-state index in [4.69, 9.17) is 10.00 Å². The highest BCUT2D eigenvalue weighted by molar-refractivity contribution is 5.74. The molecule has 2 heterocycles. The number of hydrogen-bond donors (Lipinski definition) is 0. The highest BCUT2D eigenvalue weighted by Gasteiger charge is 2.19. The number of aromatic nitrogens is 1. The SMILES string of the molecule is Cc1c(C#N)cc(C=O)n1CC1CCCO1. The summed E-state index contributed by atoms with van der Waals surface area (Å²) in [6.07, 6.45) is 3.07. The zero-order valence-corrected chi connectivity index (χ0v) is 9.27. The standard InChI is InChI=1S/C12H14N2O2/c1-9-10(6-13)5-11(8-15)14(9)7-12-3-2-4-16-12/h5,8,12H,2-4,7H2,1H3. The second kappa shape index (κ2) is 4.50. The molecule has 0 aromatic carbocycles. The molecule has 1 aliphatic rings. The van der Waals surface area contributed by atoms with Gasteiger partial charge in [-0.25, -0.2) is 0 Å². The van der Waals surface area contributed by atoms with Crippen LogP contribution in [0.25, 0.3) is 0 Å². The fourth-order valence-electron chi connectivity index (χ4n) is 2.11. The minimum Gasteiger partial charge on any atom is -0.376 e. The molecule has 84 valence electrons. The Morgan fingerprint density at radius 1 is 1.75 bits per heavy atom. The number of ether oxygens (including phenoxy) is 1. The van der Waals surface area contributed by atoms with Crippen LogP contribution in [-0.2, 0) is 11.3 Å².